The van der Waals surface area contributed by atoms with E-state index in [9.17, 15) is 14.7 Å². The predicted octanol–water partition coefficient (Wildman–Crippen LogP) is 3.75. The quantitative estimate of drug-likeness (QED) is 0.622. The average molecular weight is 350 g/mol. The number of aliphatic hydroxyl groups is 1. The number of rotatable bonds is 3. The summed E-state index contributed by atoms with van der Waals surface area (Å²) < 4.78 is 5.06. The Morgan fingerprint density at radius 3 is 2.40 bits per heavy atom. The van der Waals surface area contributed by atoms with Crippen molar-refractivity contribution in [1.29, 1.82) is 0 Å². The third-order valence-corrected chi connectivity index (χ3v) is 8.47. The summed E-state index contributed by atoms with van der Waals surface area (Å²) in [6, 6.07) is 0. The molecule has 0 heterocycles. The Morgan fingerprint density at radius 2 is 1.80 bits per heavy atom. The summed E-state index contributed by atoms with van der Waals surface area (Å²) in [5, 5.41) is 10.1. The summed E-state index contributed by atoms with van der Waals surface area (Å²) in [5.41, 5.74) is -0.929. The first kappa shape index (κ1) is 18.9. The first-order chi connectivity index (χ1) is 11.7. The van der Waals surface area contributed by atoms with Gasteiger partial charge in [-0.25, -0.2) is 0 Å². The van der Waals surface area contributed by atoms with Crippen LogP contribution in [0.2, 0.25) is 0 Å². The van der Waals surface area contributed by atoms with Crippen LogP contribution in [-0.4, -0.2) is 31.1 Å². The van der Waals surface area contributed by atoms with Gasteiger partial charge >= 0.3 is 5.97 Å². The molecule has 4 nitrogen and oxygen atoms in total. The third kappa shape index (κ3) is 2.58. The molecule has 0 radical (unpaired) electrons. The largest absolute Gasteiger partial charge is 0.469 e. The first-order valence-electron chi connectivity index (χ1n) is 9.85. The molecule has 0 amide bonds. The van der Waals surface area contributed by atoms with Gasteiger partial charge in [-0.2, -0.15) is 0 Å². The Kier molecular flexibility index (Phi) is 4.59. The van der Waals surface area contributed by atoms with Crippen molar-refractivity contribution in [3.63, 3.8) is 0 Å². The summed E-state index contributed by atoms with van der Waals surface area (Å²) in [6.45, 7) is 6.78. The molecule has 0 spiro atoms. The molecule has 0 bridgehead atoms. The van der Waals surface area contributed by atoms with Gasteiger partial charge in [-0.1, -0.05) is 20.3 Å². The van der Waals surface area contributed by atoms with E-state index in [0.29, 0.717) is 18.3 Å². The molecule has 25 heavy (non-hydrogen) atoms. The highest BCUT2D eigenvalue weighted by Gasteiger charge is 2.64. The lowest BCUT2D eigenvalue weighted by Gasteiger charge is -2.65. The zero-order valence-electron chi connectivity index (χ0n) is 16.3. The summed E-state index contributed by atoms with van der Waals surface area (Å²) >= 11 is 0. The zero-order chi connectivity index (χ0) is 18.5. The fourth-order valence-corrected chi connectivity index (χ4v) is 7.26. The highest BCUT2D eigenvalue weighted by molar-refractivity contribution is 5.78. The number of carbonyl (C=O) groups is 2. The monoisotopic (exact) mass is 350 g/mol. The molecule has 3 aliphatic rings. The van der Waals surface area contributed by atoms with Crippen molar-refractivity contribution in [1.82, 2.24) is 0 Å². The van der Waals surface area contributed by atoms with Gasteiger partial charge in [0.25, 0.3) is 0 Å². The second kappa shape index (κ2) is 6.07. The molecule has 0 aliphatic heterocycles. The lowest BCUT2D eigenvalue weighted by Crippen LogP contribution is -2.60. The van der Waals surface area contributed by atoms with Gasteiger partial charge in [0.05, 0.1) is 12.5 Å². The minimum absolute atomic E-state index is 0.0366. The Hall–Kier alpha value is -0.900. The number of aldehydes is 1. The second-order valence-electron chi connectivity index (χ2n) is 9.93. The average Bonchev–Trinajstić information content (AvgIpc) is 2.60. The number of hydrogen-bond acceptors (Lipinski definition) is 4. The van der Waals surface area contributed by atoms with Gasteiger partial charge < -0.3 is 14.6 Å². The summed E-state index contributed by atoms with van der Waals surface area (Å²) in [5.74, 6) is 0.586. The molecular formula is C21H34O4. The van der Waals surface area contributed by atoms with E-state index < -0.39 is 10.8 Å². The molecular weight excluding hydrogens is 316 g/mol. The summed E-state index contributed by atoms with van der Waals surface area (Å²) in [6.07, 6.45) is 8.60. The summed E-state index contributed by atoms with van der Waals surface area (Å²) in [7, 11) is 1.44. The predicted molar refractivity (Wildman–Crippen MR) is 95.8 cm³/mol. The molecule has 3 aliphatic carbocycles. The molecule has 3 fully saturated rings. The van der Waals surface area contributed by atoms with Crippen LogP contribution in [0.15, 0.2) is 0 Å². The van der Waals surface area contributed by atoms with Crippen LogP contribution in [0.25, 0.3) is 0 Å². The van der Waals surface area contributed by atoms with Crippen LogP contribution in [0.4, 0.5) is 0 Å². The highest BCUT2D eigenvalue weighted by Crippen LogP contribution is 2.68. The number of fused-ring (bicyclic) bond motifs is 3. The van der Waals surface area contributed by atoms with Crippen molar-refractivity contribution < 1.29 is 19.4 Å². The van der Waals surface area contributed by atoms with Crippen molar-refractivity contribution in [2.75, 3.05) is 13.7 Å². The maximum absolute atomic E-state index is 12.4. The van der Waals surface area contributed by atoms with E-state index >= 15 is 0 Å². The number of carbonyl (C=O) groups excluding carboxylic acids is 2. The van der Waals surface area contributed by atoms with Crippen LogP contribution < -0.4 is 0 Å². The molecule has 6 unspecified atom stereocenters. The fraction of sp³-hybridized carbons (Fsp3) is 0.905. The standard InChI is InChI=1S/C21H34O4/c1-18(17(24)25-4)10-6-16-20(3)9-5-8-19(2,13-22)15(20)7-11-21(16,12-18)14-23/h14-16,22H,5-13H2,1-4H3. The van der Waals surface area contributed by atoms with Gasteiger partial charge in [-0.05, 0) is 74.5 Å². The van der Waals surface area contributed by atoms with E-state index in [-0.39, 0.29) is 23.4 Å². The molecule has 0 saturated heterocycles. The number of aliphatic hydroxyl groups excluding tert-OH is 1. The second-order valence-corrected chi connectivity index (χ2v) is 9.93. The minimum Gasteiger partial charge on any atom is -0.469 e. The maximum Gasteiger partial charge on any atom is 0.311 e. The third-order valence-electron chi connectivity index (χ3n) is 8.47. The van der Waals surface area contributed by atoms with E-state index in [2.05, 4.69) is 13.8 Å². The van der Waals surface area contributed by atoms with Crippen molar-refractivity contribution in [3.8, 4) is 0 Å². The van der Waals surface area contributed by atoms with E-state index in [4.69, 9.17) is 4.74 Å². The number of hydrogen-bond donors (Lipinski definition) is 1. The molecule has 4 heteroatoms. The van der Waals surface area contributed by atoms with Crippen molar-refractivity contribution >= 4 is 12.3 Å². The van der Waals surface area contributed by atoms with Gasteiger partial charge in [0.2, 0.25) is 0 Å². The zero-order valence-corrected chi connectivity index (χ0v) is 16.3. The number of methoxy groups -OCH3 is 1. The molecule has 1 N–H and O–H groups in total. The lowest BCUT2D eigenvalue weighted by atomic mass is 9.39. The SMILES string of the molecule is COC(=O)C1(C)CCC2C(C=O)(CCC3C(C)(CO)CCCC32C)C1. The molecule has 3 rings (SSSR count). The van der Waals surface area contributed by atoms with Crippen molar-refractivity contribution in [2.45, 2.75) is 72.1 Å². The van der Waals surface area contributed by atoms with Gasteiger partial charge in [-0.15, -0.1) is 0 Å². The lowest BCUT2D eigenvalue weighted by molar-refractivity contribution is -0.187. The maximum atomic E-state index is 12.4. The van der Waals surface area contributed by atoms with Crippen LogP contribution in [-0.2, 0) is 14.3 Å². The summed E-state index contributed by atoms with van der Waals surface area (Å²) in [4.78, 5) is 24.7. The topological polar surface area (TPSA) is 63.6 Å². The Labute approximate surface area is 151 Å². The van der Waals surface area contributed by atoms with Crippen molar-refractivity contribution in [2.24, 2.45) is 33.5 Å². The Balaban J connectivity index is 1.98. The van der Waals surface area contributed by atoms with E-state index in [1.807, 2.05) is 6.92 Å². The molecule has 142 valence electrons. The first-order valence-corrected chi connectivity index (χ1v) is 9.85. The van der Waals surface area contributed by atoms with Gasteiger partial charge in [0.15, 0.2) is 0 Å². The Bertz CT molecular complexity index is 560. The van der Waals surface area contributed by atoms with Crippen LogP contribution in [0.3, 0.4) is 0 Å². The minimum atomic E-state index is -0.551. The van der Waals surface area contributed by atoms with Crippen LogP contribution in [0, 0.1) is 33.5 Å². The van der Waals surface area contributed by atoms with E-state index in [1.54, 1.807) is 0 Å². The molecule has 0 aromatic rings. The van der Waals surface area contributed by atoms with Crippen LogP contribution >= 0.6 is 0 Å². The number of ether oxygens (including phenoxy) is 1. The smallest absolute Gasteiger partial charge is 0.311 e. The molecule has 6 atom stereocenters. The molecule has 0 aromatic heterocycles. The molecule has 0 aromatic carbocycles. The van der Waals surface area contributed by atoms with Gasteiger partial charge in [0, 0.05) is 12.0 Å². The van der Waals surface area contributed by atoms with Crippen LogP contribution in [0.5, 0.6) is 0 Å². The van der Waals surface area contributed by atoms with Crippen molar-refractivity contribution in [3.05, 3.63) is 0 Å². The number of esters is 1. The normalized spacial score (nSPS) is 49.6. The van der Waals surface area contributed by atoms with E-state index in [1.165, 1.54) is 13.4 Å². The van der Waals surface area contributed by atoms with Gasteiger partial charge in [-0.3, -0.25) is 4.79 Å². The molecule has 3 saturated carbocycles. The van der Waals surface area contributed by atoms with Gasteiger partial charge in [0.1, 0.15) is 6.29 Å². The highest BCUT2D eigenvalue weighted by atomic mass is 16.5. The fourth-order valence-electron chi connectivity index (χ4n) is 7.26. The Morgan fingerprint density at radius 1 is 1.12 bits per heavy atom. The van der Waals surface area contributed by atoms with Crippen LogP contribution in [0.1, 0.15) is 72.1 Å². The van der Waals surface area contributed by atoms with E-state index in [0.717, 1.165) is 44.9 Å².